The molecule has 0 bridgehead atoms. The molecule has 110 valence electrons. The van der Waals surface area contributed by atoms with Crippen molar-refractivity contribution in [2.24, 2.45) is 5.73 Å². The minimum atomic E-state index is -0.582. The third-order valence-corrected chi connectivity index (χ3v) is 3.29. The number of rotatable bonds is 6. The number of primary amides is 1. The number of carbonyl (C=O) groups is 1. The summed E-state index contributed by atoms with van der Waals surface area (Å²) in [6.45, 7) is 0.266. The van der Waals surface area contributed by atoms with Crippen molar-refractivity contribution in [3.63, 3.8) is 0 Å². The smallest absolute Gasteiger partial charge is 0.252 e. The fourth-order valence-corrected chi connectivity index (χ4v) is 2.13. The van der Waals surface area contributed by atoms with E-state index in [4.69, 9.17) is 26.8 Å². The Labute approximate surface area is 128 Å². The summed E-state index contributed by atoms with van der Waals surface area (Å²) in [6.07, 6.45) is -0.234. The summed E-state index contributed by atoms with van der Waals surface area (Å²) in [4.78, 5) is 11.4. The molecule has 21 heavy (non-hydrogen) atoms. The van der Waals surface area contributed by atoms with Gasteiger partial charge in [-0.3, -0.25) is 4.79 Å². The molecule has 0 spiro atoms. The van der Waals surface area contributed by atoms with Gasteiger partial charge in [-0.1, -0.05) is 41.9 Å². The van der Waals surface area contributed by atoms with Crippen LogP contribution in [0, 0.1) is 0 Å². The molecule has 0 heterocycles. The zero-order valence-electron chi connectivity index (χ0n) is 11.6. The second kappa shape index (κ2) is 7.11. The van der Waals surface area contributed by atoms with E-state index in [1.165, 1.54) is 6.07 Å². The van der Waals surface area contributed by atoms with Crippen molar-refractivity contribution < 1.29 is 14.3 Å². The highest BCUT2D eigenvalue weighted by Crippen LogP contribution is 2.25. The van der Waals surface area contributed by atoms with Gasteiger partial charge in [0.15, 0.2) is 0 Å². The van der Waals surface area contributed by atoms with Crippen molar-refractivity contribution >= 4 is 17.5 Å². The van der Waals surface area contributed by atoms with Crippen LogP contribution < -0.4 is 10.5 Å². The molecular weight excluding hydrogens is 290 g/mol. The number of amides is 1. The quantitative estimate of drug-likeness (QED) is 0.891. The molecule has 0 aliphatic heterocycles. The molecule has 5 heteroatoms. The highest BCUT2D eigenvalue weighted by atomic mass is 35.5. The van der Waals surface area contributed by atoms with E-state index >= 15 is 0 Å². The summed E-state index contributed by atoms with van der Waals surface area (Å²) in [7, 11) is 1.61. The number of benzene rings is 2. The van der Waals surface area contributed by atoms with E-state index in [2.05, 4.69) is 0 Å². The molecule has 0 radical (unpaired) electrons. The molecule has 1 unspecified atom stereocenters. The van der Waals surface area contributed by atoms with Gasteiger partial charge in [-0.2, -0.15) is 0 Å². The molecule has 0 aromatic heterocycles. The maximum atomic E-state index is 11.4. The largest absolute Gasteiger partial charge is 0.490 e. The lowest BCUT2D eigenvalue weighted by Gasteiger charge is -2.17. The Bertz CT molecular complexity index is 616. The molecule has 2 aromatic carbocycles. The van der Waals surface area contributed by atoms with Crippen LogP contribution in [0.3, 0.4) is 0 Å². The first-order valence-electron chi connectivity index (χ1n) is 6.41. The Morgan fingerprint density at radius 1 is 1.24 bits per heavy atom. The topological polar surface area (TPSA) is 61.6 Å². The van der Waals surface area contributed by atoms with Crippen LogP contribution in [0.5, 0.6) is 5.75 Å². The van der Waals surface area contributed by atoms with Gasteiger partial charge in [0, 0.05) is 12.1 Å². The fourth-order valence-electron chi connectivity index (χ4n) is 1.95. The molecule has 1 amide bonds. The molecule has 2 N–H and O–H groups in total. The van der Waals surface area contributed by atoms with Crippen LogP contribution in [0.15, 0.2) is 48.5 Å². The lowest BCUT2D eigenvalue weighted by atomic mass is 10.1. The fraction of sp³-hybridized carbons (Fsp3) is 0.188. The van der Waals surface area contributed by atoms with Crippen molar-refractivity contribution in [3.8, 4) is 5.75 Å². The first-order chi connectivity index (χ1) is 10.1. The van der Waals surface area contributed by atoms with Gasteiger partial charge in [-0.05, 0) is 23.8 Å². The molecule has 2 rings (SSSR count). The third-order valence-electron chi connectivity index (χ3n) is 3.05. The predicted molar refractivity (Wildman–Crippen MR) is 81.7 cm³/mol. The van der Waals surface area contributed by atoms with Gasteiger partial charge in [0.2, 0.25) is 0 Å². The summed E-state index contributed by atoms with van der Waals surface area (Å²) in [5.74, 6) is -0.189. The Hall–Kier alpha value is -2.04. The van der Waals surface area contributed by atoms with Crippen LogP contribution >= 0.6 is 11.6 Å². The summed E-state index contributed by atoms with van der Waals surface area (Å²) >= 11 is 5.86. The number of hydrogen-bond acceptors (Lipinski definition) is 3. The van der Waals surface area contributed by atoms with Crippen molar-refractivity contribution in [3.05, 3.63) is 64.7 Å². The number of ether oxygens (including phenoxy) is 2. The summed E-state index contributed by atoms with van der Waals surface area (Å²) in [6, 6.07) is 14.5. The zero-order chi connectivity index (χ0) is 15.2. The molecule has 0 fully saturated rings. The average Bonchev–Trinajstić information content (AvgIpc) is 2.50. The van der Waals surface area contributed by atoms with Crippen molar-refractivity contribution in [1.82, 2.24) is 0 Å². The first-order valence-corrected chi connectivity index (χ1v) is 6.79. The molecule has 0 saturated heterocycles. The highest BCUT2D eigenvalue weighted by molar-refractivity contribution is 6.31. The van der Waals surface area contributed by atoms with Crippen molar-refractivity contribution in [2.75, 3.05) is 13.7 Å². The lowest BCUT2D eigenvalue weighted by Crippen LogP contribution is -2.16. The maximum Gasteiger partial charge on any atom is 0.252 e. The standard InChI is InChI=1S/C16H16ClNO3/c1-20-15(11-5-3-2-4-6-11)10-21-14-8-7-12(17)9-13(14)16(18)19/h2-9,15H,10H2,1H3,(H2,18,19). The molecule has 0 aliphatic carbocycles. The van der Waals surface area contributed by atoms with Gasteiger partial charge in [0.25, 0.3) is 5.91 Å². The monoisotopic (exact) mass is 305 g/mol. The van der Waals surface area contributed by atoms with E-state index in [0.29, 0.717) is 10.8 Å². The number of nitrogens with two attached hydrogens (primary N) is 1. The SMILES string of the molecule is COC(COc1ccc(Cl)cc1C(N)=O)c1ccccc1. The van der Waals surface area contributed by atoms with Gasteiger partial charge in [-0.25, -0.2) is 0 Å². The summed E-state index contributed by atoms with van der Waals surface area (Å²) in [5, 5.41) is 0.433. The number of halogens is 1. The average molecular weight is 306 g/mol. The number of methoxy groups -OCH3 is 1. The Morgan fingerprint density at radius 2 is 1.95 bits per heavy atom. The molecule has 0 aliphatic rings. The minimum Gasteiger partial charge on any atom is -0.490 e. The third kappa shape index (κ3) is 3.97. The minimum absolute atomic E-state index is 0.234. The van der Waals surface area contributed by atoms with Gasteiger partial charge >= 0.3 is 0 Å². The van der Waals surface area contributed by atoms with Crippen LogP contribution in [0.1, 0.15) is 22.0 Å². The van der Waals surface area contributed by atoms with E-state index in [1.54, 1.807) is 19.2 Å². The number of hydrogen-bond donors (Lipinski definition) is 1. The van der Waals surface area contributed by atoms with Gasteiger partial charge in [0.05, 0.1) is 5.56 Å². The van der Waals surface area contributed by atoms with Gasteiger partial charge < -0.3 is 15.2 Å². The Kier molecular flexibility index (Phi) is 5.20. The van der Waals surface area contributed by atoms with E-state index < -0.39 is 5.91 Å². The van der Waals surface area contributed by atoms with Crippen molar-refractivity contribution in [1.29, 1.82) is 0 Å². The van der Waals surface area contributed by atoms with E-state index in [9.17, 15) is 4.79 Å². The van der Waals surface area contributed by atoms with E-state index in [0.717, 1.165) is 5.56 Å². The highest BCUT2D eigenvalue weighted by Gasteiger charge is 2.14. The molecule has 4 nitrogen and oxygen atoms in total. The lowest BCUT2D eigenvalue weighted by molar-refractivity contribution is 0.0570. The molecule has 1 atom stereocenters. The van der Waals surface area contributed by atoms with Crippen molar-refractivity contribution in [2.45, 2.75) is 6.10 Å². The molecule has 2 aromatic rings. The predicted octanol–water partition coefficient (Wildman–Crippen LogP) is 3.21. The molecule has 0 saturated carbocycles. The van der Waals surface area contributed by atoms with Crippen LogP contribution in [-0.2, 0) is 4.74 Å². The summed E-state index contributed by atoms with van der Waals surface area (Å²) < 4.78 is 11.1. The van der Waals surface area contributed by atoms with E-state index in [1.807, 2.05) is 30.3 Å². The maximum absolute atomic E-state index is 11.4. The Balaban J connectivity index is 2.14. The van der Waals surface area contributed by atoms with Gasteiger partial charge in [-0.15, -0.1) is 0 Å². The Morgan fingerprint density at radius 3 is 2.57 bits per heavy atom. The zero-order valence-corrected chi connectivity index (χ0v) is 12.3. The van der Waals surface area contributed by atoms with Gasteiger partial charge in [0.1, 0.15) is 18.5 Å². The molecular formula is C16H16ClNO3. The number of carbonyl (C=O) groups excluding carboxylic acids is 1. The van der Waals surface area contributed by atoms with Crippen LogP contribution in [-0.4, -0.2) is 19.6 Å². The normalized spacial score (nSPS) is 11.9. The first kappa shape index (κ1) is 15.4. The van der Waals surface area contributed by atoms with Crippen LogP contribution in [0.2, 0.25) is 5.02 Å². The second-order valence-electron chi connectivity index (χ2n) is 4.45. The van der Waals surface area contributed by atoms with Crippen LogP contribution in [0.4, 0.5) is 0 Å². The van der Waals surface area contributed by atoms with E-state index in [-0.39, 0.29) is 18.3 Å². The second-order valence-corrected chi connectivity index (χ2v) is 4.89. The van der Waals surface area contributed by atoms with Crippen LogP contribution in [0.25, 0.3) is 0 Å². The summed E-state index contributed by atoms with van der Waals surface area (Å²) in [5.41, 5.74) is 6.57.